The fourth-order valence-electron chi connectivity index (χ4n) is 4.34. The molecule has 1 aliphatic heterocycles. The van der Waals surface area contributed by atoms with E-state index >= 15 is 0 Å². The zero-order valence-corrected chi connectivity index (χ0v) is 16.8. The number of anilines is 1. The van der Waals surface area contributed by atoms with Crippen LogP contribution in [0.4, 0.5) is 10.2 Å². The lowest BCUT2D eigenvalue weighted by Crippen LogP contribution is -2.50. The van der Waals surface area contributed by atoms with Gasteiger partial charge in [0.25, 0.3) is 5.91 Å². The molecule has 0 saturated carbocycles. The Hall–Kier alpha value is -3.16. The molecule has 5 rings (SSSR count). The molecule has 2 aliphatic rings. The second-order valence-electron chi connectivity index (χ2n) is 7.76. The predicted octanol–water partition coefficient (Wildman–Crippen LogP) is 2.47. The van der Waals surface area contributed by atoms with Gasteiger partial charge in [-0.2, -0.15) is 5.10 Å². The number of hydrogen-bond acceptors (Lipinski definition) is 5. The largest absolute Gasteiger partial charge is 0.481 e. The molecule has 2 aromatic heterocycles. The summed E-state index contributed by atoms with van der Waals surface area (Å²) in [7, 11) is 0. The number of piperazine rings is 1. The Bertz CT molecular complexity index is 1070. The SMILES string of the molecule is O=C(COc1ccccc1F)N1CCN(c2nccn3nc4c(c23)CCCC4)CC1. The van der Waals surface area contributed by atoms with Crippen molar-refractivity contribution in [3.63, 3.8) is 0 Å². The van der Waals surface area contributed by atoms with E-state index in [0.717, 1.165) is 24.2 Å². The normalized spacial score (nSPS) is 16.6. The van der Waals surface area contributed by atoms with Gasteiger partial charge in [0.1, 0.15) is 5.52 Å². The Morgan fingerprint density at radius 3 is 2.73 bits per heavy atom. The van der Waals surface area contributed by atoms with Crippen LogP contribution in [-0.2, 0) is 17.6 Å². The second kappa shape index (κ2) is 7.93. The number of halogens is 1. The smallest absolute Gasteiger partial charge is 0.260 e. The molecule has 30 heavy (non-hydrogen) atoms. The number of aromatic nitrogens is 3. The van der Waals surface area contributed by atoms with Crippen molar-refractivity contribution in [2.45, 2.75) is 25.7 Å². The molecule has 1 aromatic carbocycles. The highest BCUT2D eigenvalue weighted by molar-refractivity contribution is 5.79. The number of nitrogens with zero attached hydrogens (tertiary/aromatic N) is 5. The number of carbonyl (C=O) groups excluding carboxylic acids is 1. The monoisotopic (exact) mass is 409 g/mol. The molecule has 0 spiro atoms. The lowest BCUT2D eigenvalue weighted by molar-refractivity contribution is -0.133. The molecule has 0 atom stereocenters. The molecule has 0 bridgehead atoms. The maximum absolute atomic E-state index is 13.7. The number of aryl methyl sites for hydroxylation is 2. The standard InChI is InChI=1S/C22H24FN5O2/c23-17-6-2-4-8-19(17)30-15-20(29)26-11-13-27(14-12-26)22-21-16-5-1-3-7-18(16)25-28(21)10-9-24-22/h2,4,6,8-10H,1,3,5,7,11-15H2. The van der Waals surface area contributed by atoms with Gasteiger partial charge in [0.05, 0.1) is 5.69 Å². The minimum atomic E-state index is -0.460. The summed E-state index contributed by atoms with van der Waals surface area (Å²) in [6.07, 6.45) is 8.16. The third-order valence-electron chi connectivity index (χ3n) is 5.92. The van der Waals surface area contributed by atoms with Gasteiger partial charge in [0.15, 0.2) is 24.0 Å². The molecule has 156 valence electrons. The summed E-state index contributed by atoms with van der Waals surface area (Å²) in [5.74, 6) is 0.456. The first-order valence-electron chi connectivity index (χ1n) is 10.5. The van der Waals surface area contributed by atoms with Gasteiger partial charge in [-0.05, 0) is 37.8 Å². The molecular formula is C22H24FN5O2. The van der Waals surface area contributed by atoms with Crippen molar-refractivity contribution >= 4 is 17.2 Å². The van der Waals surface area contributed by atoms with E-state index in [4.69, 9.17) is 9.84 Å². The van der Waals surface area contributed by atoms with Crippen LogP contribution in [0, 0.1) is 5.82 Å². The van der Waals surface area contributed by atoms with E-state index in [1.54, 1.807) is 23.2 Å². The van der Waals surface area contributed by atoms with Gasteiger partial charge in [0, 0.05) is 44.1 Å². The number of ether oxygens (including phenoxy) is 1. The summed E-state index contributed by atoms with van der Waals surface area (Å²) in [4.78, 5) is 21.2. The fourth-order valence-corrected chi connectivity index (χ4v) is 4.34. The maximum atomic E-state index is 13.7. The highest BCUT2D eigenvalue weighted by atomic mass is 19.1. The maximum Gasteiger partial charge on any atom is 0.260 e. The Morgan fingerprint density at radius 1 is 1.10 bits per heavy atom. The van der Waals surface area contributed by atoms with Crippen molar-refractivity contribution in [2.24, 2.45) is 0 Å². The van der Waals surface area contributed by atoms with E-state index in [9.17, 15) is 9.18 Å². The van der Waals surface area contributed by atoms with Crippen LogP contribution in [0.3, 0.4) is 0 Å². The number of rotatable bonds is 4. The third-order valence-corrected chi connectivity index (χ3v) is 5.92. The van der Waals surface area contributed by atoms with Crippen molar-refractivity contribution < 1.29 is 13.9 Å². The Labute approximate surface area is 174 Å². The molecule has 3 heterocycles. The van der Waals surface area contributed by atoms with Crippen molar-refractivity contribution in [1.82, 2.24) is 19.5 Å². The summed E-state index contributed by atoms with van der Waals surface area (Å²) in [6, 6.07) is 6.13. The zero-order valence-electron chi connectivity index (χ0n) is 16.8. The average molecular weight is 409 g/mol. The summed E-state index contributed by atoms with van der Waals surface area (Å²) in [6.45, 7) is 2.39. The molecule has 0 unspecified atom stereocenters. The lowest BCUT2D eigenvalue weighted by Gasteiger charge is -2.35. The van der Waals surface area contributed by atoms with Crippen LogP contribution in [0.5, 0.6) is 5.75 Å². The molecule has 8 heteroatoms. The van der Waals surface area contributed by atoms with Crippen LogP contribution in [0.25, 0.3) is 5.52 Å². The van der Waals surface area contributed by atoms with E-state index in [-0.39, 0.29) is 18.3 Å². The van der Waals surface area contributed by atoms with Crippen LogP contribution in [-0.4, -0.2) is 58.2 Å². The van der Waals surface area contributed by atoms with Gasteiger partial charge in [-0.25, -0.2) is 13.9 Å². The molecule has 7 nitrogen and oxygen atoms in total. The van der Waals surface area contributed by atoms with Crippen molar-refractivity contribution in [1.29, 1.82) is 0 Å². The van der Waals surface area contributed by atoms with E-state index < -0.39 is 5.82 Å². The summed E-state index contributed by atoms with van der Waals surface area (Å²) < 4.78 is 21.0. The molecule has 3 aromatic rings. The second-order valence-corrected chi connectivity index (χ2v) is 7.76. The fraction of sp³-hybridized carbons (Fsp3) is 0.409. The summed E-state index contributed by atoms with van der Waals surface area (Å²) >= 11 is 0. The highest BCUT2D eigenvalue weighted by Gasteiger charge is 2.26. The zero-order chi connectivity index (χ0) is 20.5. The van der Waals surface area contributed by atoms with Gasteiger partial charge in [0.2, 0.25) is 0 Å². The first-order chi connectivity index (χ1) is 14.7. The molecule has 1 aliphatic carbocycles. The summed E-state index contributed by atoms with van der Waals surface area (Å²) in [5, 5.41) is 4.75. The van der Waals surface area contributed by atoms with Gasteiger partial charge in [-0.1, -0.05) is 12.1 Å². The Kier molecular flexibility index (Phi) is 4.98. The van der Waals surface area contributed by atoms with Crippen LogP contribution in [0.15, 0.2) is 36.7 Å². The van der Waals surface area contributed by atoms with Crippen LogP contribution in [0.2, 0.25) is 0 Å². The van der Waals surface area contributed by atoms with Crippen LogP contribution in [0.1, 0.15) is 24.1 Å². The topological polar surface area (TPSA) is 63.0 Å². The van der Waals surface area contributed by atoms with E-state index in [0.29, 0.717) is 26.2 Å². The minimum Gasteiger partial charge on any atom is -0.481 e. The minimum absolute atomic E-state index is 0.103. The molecule has 1 saturated heterocycles. The summed E-state index contributed by atoms with van der Waals surface area (Å²) in [5.41, 5.74) is 3.62. The van der Waals surface area contributed by atoms with Crippen LogP contribution >= 0.6 is 0 Å². The number of para-hydroxylation sites is 1. The molecular weight excluding hydrogens is 385 g/mol. The van der Waals surface area contributed by atoms with Crippen molar-refractivity contribution in [3.8, 4) is 5.75 Å². The number of amides is 1. The molecule has 0 N–H and O–H groups in total. The van der Waals surface area contributed by atoms with Gasteiger partial charge in [-0.15, -0.1) is 0 Å². The van der Waals surface area contributed by atoms with E-state index in [1.165, 1.54) is 36.2 Å². The van der Waals surface area contributed by atoms with E-state index in [1.807, 2.05) is 10.7 Å². The average Bonchev–Trinajstić information content (AvgIpc) is 3.17. The van der Waals surface area contributed by atoms with Crippen LogP contribution < -0.4 is 9.64 Å². The highest BCUT2D eigenvalue weighted by Crippen LogP contribution is 2.30. The quantitative estimate of drug-likeness (QED) is 0.663. The number of carbonyl (C=O) groups is 1. The number of benzene rings is 1. The van der Waals surface area contributed by atoms with Crippen molar-refractivity contribution in [2.75, 3.05) is 37.7 Å². The number of hydrogen-bond donors (Lipinski definition) is 0. The molecule has 0 radical (unpaired) electrons. The number of fused-ring (bicyclic) bond motifs is 3. The Morgan fingerprint density at radius 2 is 1.90 bits per heavy atom. The third kappa shape index (κ3) is 3.46. The van der Waals surface area contributed by atoms with Crippen molar-refractivity contribution in [3.05, 3.63) is 53.7 Å². The predicted molar refractivity (Wildman–Crippen MR) is 110 cm³/mol. The van der Waals surface area contributed by atoms with Gasteiger partial charge in [-0.3, -0.25) is 4.79 Å². The Balaban J connectivity index is 1.26. The van der Waals surface area contributed by atoms with Gasteiger partial charge >= 0.3 is 0 Å². The first-order valence-corrected chi connectivity index (χ1v) is 10.5. The van der Waals surface area contributed by atoms with Gasteiger partial charge < -0.3 is 14.5 Å². The lowest BCUT2D eigenvalue weighted by atomic mass is 9.97. The van der Waals surface area contributed by atoms with E-state index in [2.05, 4.69) is 9.88 Å². The first kappa shape index (κ1) is 18.8. The molecule has 1 fully saturated rings. The molecule has 1 amide bonds.